The number of aliphatic carboxylic acids is 1. The fourth-order valence-electron chi connectivity index (χ4n) is 4.17. The molecule has 3 aromatic carbocycles. The molecule has 0 radical (unpaired) electrons. The predicted octanol–water partition coefficient (Wildman–Crippen LogP) is 4.79. The van der Waals surface area contributed by atoms with Crippen LogP contribution in [0.3, 0.4) is 0 Å². The average molecular weight is 427 g/mol. The molecule has 2 atom stereocenters. The van der Waals surface area contributed by atoms with Crippen LogP contribution in [-0.4, -0.2) is 23.2 Å². The summed E-state index contributed by atoms with van der Waals surface area (Å²) in [5.41, 5.74) is 6.71. The number of hydrogen-bond donors (Lipinski definition) is 2. The Hall–Kier alpha value is -3.16. The van der Waals surface area contributed by atoms with E-state index < -0.39 is 35.5 Å². The molecule has 0 aromatic heterocycles. The van der Waals surface area contributed by atoms with Gasteiger partial charge in [-0.3, -0.25) is 4.79 Å². The molecule has 4 nitrogen and oxygen atoms in total. The van der Waals surface area contributed by atoms with Gasteiger partial charge in [0.25, 0.3) is 0 Å². The molecule has 0 heterocycles. The number of alkyl halides is 3. The molecule has 0 amide bonds. The van der Waals surface area contributed by atoms with Crippen LogP contribution >= 0.6 is 0 Å². The van der Waals surface area contributed by atoms with E-state index in [0.29, 0.717) is 11.1 Å². The van der Waals surface area contributed by atoms with Crippen molar-refractivity contribution in [2.24, 2.45) is 5.73 Å². The van der Waals surface area contributed by atoms with Gasteiger partial charge in [-0.25, -0.2) is 0 Å². The Morgan fingerprint density at radius 3 is 2.03 bits per heavy atom. The molecule has 0 saturated carbocycles. The molecular weight excluding hydrogens is 407 g/mol. The van der Waals surface area contributed by atoms with Crippen LogP contribution in [0.5, 0.6) is 0 Å². The molecule has 0 saturated heterocycles. The van der Waals surface area contributed by atoms with E-state index in [4.69, 9.17) is 10.5 Å². The van der Waals surface area contributed by atoms with Gasteiger partial charge in [0.15, 0.2) is 0 Å². The number of benzene rings is 3. The van der Waals surface area contributed by atoms with Crippen LogP contribution in [0.2, 0.25) is 0 Å². The maximum absolute atomic E-state index is 13.5. The first-order valence-corrected chi connectivity index (χ1v) is 9.69. The van der Waals surface area contributed by atoms with Crippen LogP contribution in [0.4, 0.5) is 13.2 Å². The molecule has 1 aliphatic carbocycles. The van der Waals surface area contributed by atoms with Crippen molar-refractivity contribution in [2.75, 3.05) is 0 Å². The summed E-state index contributed by atoms with van der Waals surface area (Å²) in [5, 5.41) is 9.37. The van der Waals surface area contributed by atoms with E-state index in [1.54, 1.807) is 30.3 Å². The Morgan fingerprint density at radius 1 is 0.968 bits per heavy atom. The number of hydrogen-bond acceptors (Lipinski definition) is 3. The number of carbonyl (C=O) groups is 1. The third kappa shape index (κ3) is 3.40. The van der Waals surface area contributed by atoms with Crippen molar-refractivity contribution in [1.29, 1.82) is 0 Å². The minimum atomic E-state index is -4.54. The summed E-state index contributed by atoms with van der Waals surface area (Å²) < 4.78 is 46.9. The van der Waals surface area contributed by atoms with E-state index in [2.05, 4.69) is 0 Å². The summed E-state index contributed by atoms with van der Waals surface area (Å²) in [5.74, 6) is -1.26. The van der Waals surface area contributed by atoms with Gasteiger partial charge in [-0.15, -0.1) is 0 Å². The second kappa shape index (κ2) is 7.51. The second-order valence-electron chi connectivity index (χ2n) is 7.54. The monoisotopic (exact) mass is 427 g/mol. The molecule has 0 spiro atoms. The molecule has 4 rings (SSSR count). The normalized spacial score (nSPS) is 16.3. The Kier molecular flexibility index (Phi) is 5.11. The van der Waals surface area contributed by atoms with Crippen LogP contribution in [-0.2, 0) is 21.3 Å². The number of ether oxygens (including phenoxy) is 1. The maximum atomic E-state index is 13.5. The van der Waals surface area contributed by atoms with Crippen molar-refractivity contribution in [3.63, 3.8) is 0 Å². The van der Waals surface area contributed by atoms with Crippen molar-refractivity contribution in [3.05, 3.63) is 95.1 Å². The van der Waals surface area contributed by atoms with Crippen LogP contribution in [0.15, 0.2) is 72.8 Å². The van der Waals surface area contributed by atoms with E-state index >= 15 is 0 Å². The van der Waals surface area contributed by atoms with Gasteiger partial charge >= 0.3 is 12.1 Å². The van der Waals surface area contributed by atoms with E-state index in [1.165, 1.54) is 13.0 Å². The molecule has 7 heteroatoms. The highest BCUT2D eigenvalue weighted by Gasteiger charge is 2.48. The van der Waals surface area contributed by atoms with Gasteiger partial charge in [0.2, 0.25) is 0 Å². The molecule has 0 bridgehead atoms. The third-order valence-corrected chi connectivity index (χ3v) is 5.65. The standard InChI is InChI=1S/C24H20F3NO3/c1-14(21(28)22(29)30)31-23(15-7-6-8-16(13-15)24(25,26)27)19-11-4-2-9-17(19)18-10-3-5-12-20(18)23/h2-14,21H,28H2,1H3,(H,29,30)/t14-,21+/m1/s1. The van der Waals surface area contributed by atoms with Crippen LogP contribution in [0.25, 0.3) is 11.1 Å². The van der Waals surface area contributed by atoms with Gasteiger partial charge in [0.05, 0.1) is 11.7 Å². The Labute approximate surface area is 177 Å². The summed E-state index contributed by atoms with van der Waals surface area (Å²) in [6.45, 7) is 1.51. The smallest absolute Gasteiger partial charge is 0.416 e. The fraction of sp³-hybridized carbons (Fsp3) is 0.208. The molecular formula is C24H20F3NO3. The lowest BCUT2D eigenvalue weighted by atomic mass is 9.82. The number of halogens is 3. The molecule has 1 aliphatic rings. The quantitative estimate of drug-likeness (QED) is 0.614. The summed E-state index contributed by atoms with van der Waals surface area (Å²) in [6.07, 6.45) is -5.54. The minimum absolute atomic E-state index is 0.254. The average Bonchev–Trinajstić information content (AvgIpc) is 3.04. The number of carboxylic acid groups (broad SMARTS) is 1. The summed E-state index contributed by atoms with van der Waals surface area (Å²) >= 11 is 0. The lowest BCUT2D eigenvalue weighted by Crippen LogP contribution is -2.46. The molecule has 31 heavy (non-hydrogen) atoms. The zero-order chi connectivity index (χ0) is 22.4. The predicted molar refractivity (Wildman–Crippen MR) is 109 cm³/mol. The van der Waals surface area contributed by atoms with Gasteiger partial charge in [-0.1, -0.05) is 60.7 Å². The first-order chi connectivity index (χ1) is 14.7. The Morgan fingerprint density at radius 2 is 1.52 bits per heavy atom. The summed E-state index contributed by atoms with van der Waals surface area (Å²) in [4.78, 5) is 11.5. The van der Waals surface area contributed by atoms with Crippen LogP contribution < -0.4 is 5.73 Å². The molecule has 3 aromatic rings. The number of fused-ring (bicyclic) bond motifs is 3. The van der Waals surface area contributed by atoms with Gasteiger partial charge in [0.1, 0.15) is 11.6 Å². The van der Waals surface area contributed by atoms with Crippen molar-refractivity contribution < 1.29 is 27.8 Å². The maximum Gasteiger partial charge on any atom is 0.416 e. The first kappa shape index (κ1) is 21.1. The van der Waals surface area contributed by atoms with Crippen molar-refractivity contribution >= 4 is 5.97 Å². The second-order valence-corrected chi connectivity index (χ2v) is 7.54. The Bertz CT molecular complexity index is 1100. The summed E-state index contributed by atoms with van der Waals surface area (Å²) in [6, 6.07) is 18.1. The highest BCUT2D eigenvalue weighted by Crippen LogP contribution is 2.54. The number of carboxylic acids is 1. The fourth-order valence-corrected chi connectivity index (χ4v) is 4.17. The van der Waals surface area contributed by atoms with Gasteiger partial charge in [0, 0.05) is 11.1 Å². The van der Waals surface area contributed by atoms with E-state index in [0.717, 1.165) is 23.3 Å². The van der Waals surface area contributed by atoms with Gasteiger partial charge in [-0.2, -0.15) is 13.2 Å². The van der Waals surface area contributed by atoms with Crippen molar-refractivity contribution in [2.45, 2.75) is 30.8 Å². The highest BCUT2D eigenvalue weighted by molar-refractivity contribution is 5.82. The summed E-state index contributed by atoms with van der Waals surface area (Å²) in [7, 11) is 0. The van der Waals surface area contributed by atoms with Crippen LogP contribution in [0.1, 0.15) is 29.2 Å². The zero-order valence-corrected chi connectivity index (χ0v) is 16.6. The van der Waals surface area contributed by atoms with Gasteiger partial charge in [-0.05, 0) is 35.7 Å². The lowest BCUT2D eigenvalue weighted by molar-refractivity contribution is -0.144. The van der Waals surface area contributed by atoms with E-state index in [1.807, 2.05) is 24.3 Å². The molecule has 0 unspecified atom stereocenters. The lowest BCUT2D eigenvalue weighted by Gasteiger charge is -2.37. The number of rotatable bonds is 5. The molecule has 160 valence electrons. The van der Waals surface area contributed by atoms with Crippen molar-refractivity contribution in [1.82, 2.24) is 0 Å². The molecule has 3 N–H and O–H groups in total. The largest absolute Gasteiger partial charge is 0.480 e. The SMILES string of the molecule is C[C@@H](OC1(c2cccc(C(F)(F)F)c2)c2ccccc2-c2ccccc21)[C@H](N)C(=O)O. The van der Waals surface area contributed by atoms with E-state index in [9.17, 15) is 23.1 Å². The molecule has 0 fully saturated rings. The van der Waals surface area contributed by atoms with E-state index in [-0.39, 0.29) is 5.56 Å². The Balaban J connectivity index is 2.01. The molecule has 0 aliphatic heterocycles. The third-order valence-electron chi connectivity index (χ3n) is 5.65. The van der Waals surface area contributed by atoms with Gasteiger partial charge < -0.3 is 15.6 Å². The first-order valence-electron chi connectivity index (χ1n) is 9.69. The minimum Gasteiger partial charge on any atom is -0.480 e. The number of nitrogens with two attached hydrogens (primary N) is 1. The zero-order valence-electron chi connectivity index (χ0n) is 16.6. The van der Waals surface area contributed by atoms with Crippen LogP contribution in [0, 0.1) is 0 Å². The van der Waals surface area contributed by atoms with Crippen molar-refractivity contribution in [3.8, 4) is 11.1 Å². The highest BCUT2D eigenvalue weighted by atomic mass is 19.4. The topological polar surface area (TPSA) is 72.5 Å².